The third-order valence-corrected chi connectivity index (χ3v) is 4.08. The third kappa shape index (κ3) is 3.18. The molecule has 1 heterocycles. The van der Waals surface area contributed by atoms with Gasteiger partial charge in [0.05, 0.1) is 17.8 Å². The molecule has 4 nitrogen and oxygen atoms in total. The summed E-state index contributed by atoms with van der Waals surface area (Å²) in [5, 5.41) is 13.2. The van der Waals surface area contributed by atoms with Gasteiger partial charge in [0, 0.05) is 12.2 Å². The molecule has 108 valence electrons. The van der Waals surface area contributed by atoms with E-state index < -0.39 is 0 Å². The fourth-order valence-corrected chi connectivity index (χ4v) is 2.88. The molecule has 2 rings (SSSR count). The quantitative estimate of drug-likeness (QED) is 0.825. The fourth-order valence-electron chi connectivity index (χ4n) is 2.88. The lowest BCUT2D eigenvalue weighted by atomic mass is 9.99. The standard InChI is InChI=1S/C15H27N3O/c1-4-9-16-15(3,11-19)10-18-12(2)17-13-7-5-6-8-14(13)18/h16,19H,4-11H2,1-3H3. The van der Waals surface area contributed by atoms with Crippen molar-refractivity contribution >= 4 is 0 Å². The molecule has 1 aromatic rings. The number of rotatable bonds is 6. The van der Waals surface area contributed by atoms with Crippen LogP contribution in [0.2, 0.25) is 0 Å². The normalized spacial score (nSPS) is 18.1. The predicted octanol–water partition coefficient (Wildman–Crippen LogP) is 1.82. The highest BCUT2D eigenvalue weighted by Gasteiger charge is 2.27. The lowest BCUT2D eigenvalue weighted by Gasteiger charge is -2.31. The molecule has 1 unspecified atom stereocenters. The number of nitrogens with zero attached hydrogens (tertiary/aromatic N) is 2. The minimum atomic E-state index is -0.257. The molecule has 0 bridgehead atoms. The van der Waals surface area contributed by atoms with Crippen molar-refractivity contribution in [1.29, 1.82) is 0 Å². The number of aromatic nitrogens is 2. The molecule has 0 aliphatic heterocycles. The summed E-state index contributed by atoms with van der Waals surface area (Å²) >= 11 is 0. The van der Waals surface area contributed by atoms with E-state index in [0.717, 1.165) is 38.2 Å². The maximum absolute atomic E-state index is 9.71. The molecule has 0 fully saturated rings. The topological polar surface area (TPSA) is 50.1 Å². The van der Waals surface area contributed by atoms with Gasteiger partial charge in [-0.3, -0.25) is 0 Å². The first-order valence-electron chi connectivity index (χ1n) is 7.50. The summed E-state index contributed by atoms with van der Waals surface area (Å²) in [5.74, 6) is 1.09. The van der Waals surface area contributed by atoms with Gasteiger partial charge in [-0.15, -0.1) is 0 Å². The number of aliphatic hydroxyl groups is 1. The van der Waals surface area contributed by atoms with Crippen LogP contribution >= 0.6 is 0 Å². The molecule has 2 N–H and O–H groups in total. The van der Waals surface area contributed by atoms with Crippen molar-refractivity contribution < 1.29 is 5.11 Å². The van der Waals surface area contributed by atoms with E-state index in [1.807, 2.05) is 0 Å². The molecule has 1 aliphatic carbocycles. The van der Waals surface area contributed by atoms with Gasteiger partial charge in [-0.05, 0) is 52.5 Å². The summed E-state index contributed by atoms with van der Waals surface area (Å²) in [4.78, 5) is 4.70. The van der Waals surface area contributed by atoms with Crippen molar-refractivity contribution in [2.45, 2.75) is 65.0 Å². The minimum Gasteiger partial charge on any atom is -0.394 e. The molecular weight excluding hydrogens is 238 g/mol. The highest BCUT2D eigenvalue weighted by Crippen LogP contribution is 2.23. The first kappa shape index (κ1) is 14.5. The SMILES string of the molecule is CCCNC(C)(CO)Cn1c(C)nc2c1CCCC2. The van der Waals surface area contributed by atoms with Crippen LogP contribution in [0.25, 0.3) is 0 Å². The maximum atomic E-state index is 9.71. The summed E-state index contributed by atoms with van der Waals surface area (Å²) in [6, 6.07) is 0. The summed E-state index contributed by atoms with van der Waals surface area (Å²) in [7, 11) is 0. The molecule has 1 aliphatic rings. The van der Waals surface area contributed by atoms with Crippen molar-refractivity contribution in [2.24, 2.45) is 0 Å². The van der Waals surface area contributed by atoms with Crippen LogP contribution in [0.1, 0.15) is 50.3 Å². The Morgan fingerprint density at radius 1 is 1.37 bits per heavy atom. The van der Waals surface area contributed by atoms with Gasteiger partial charge >= 0.3 is 0 Å². The number of aliphatic hydroxyl groups excluding tert-OH is 1. The summed E-state index contributed by atoms with van der Waals surface area (Å²) < 4.78 is 2.31. The van der Waals surface area contributed by atoms with E-state index in [9.17, 15) is 5.11 Å². The van der Waals surface area contributed by atoms with Crippen LogP contribution in [0.3, 0.4) is 0 Å². The van der Waals surface area contributed by atoms with Crippen molar-refractivity contribution in [2.75, 3.05) is 13.2 Å². The highest BCUT2D eigenvalue weighted by atomic mass is 16.3. The average molecular weight is 265 g/mol. The number of nitrogens with one attached hydrogen (secondary N) is 1. The molecule has 0 radical (unpaired) electrons. The van der Waals surface area contributed by atoms with Gasteiger partial charge in [-0.25, -0.2) is 4.98 Å². The molecule has 0 saturated carbocycles. The Bertz CT molecular complexity index is 427. The molecule has 0 spiro atoms. The largest absolute Gasteiger partial charge is 0.394 e. The Labute approximate surface area is 116 Å². The Kier molecular flexibility index (Phi) is 4.63. The van der Waals surface area contributed by atoms with Gasteiger partial charge < -0.3 is 15.0 Å². The van der Waals surface area contributed by atoms with Crippen LogP contribution < -0.4 is 5.32 Å². The molecule has 0 aromatic carbocycles. The van der Waals surface area contributed by atoms with E-state index in [1.54, 1.807) is 0 Å². The van der Waals surface area contributed by atoms with Crippen LogP contribution in [0, 0.1) is 6.92 Å². The third-order valence-electron chi connectivity index (χ3n) is 4.08. The molecule has 0 amide bonds. The zero-order chi connectivity index (χ0) is 13.9. The maximum Gasteiger partial charge on any atom is 0.106 e. The Morgan fingerprint density at radius 3 is 2.79 bits per heavy atom. The van der Waals surface area contributed by atoms with Gasteiger partial charge in [-0.2, -0.15) is 0 Å². The van der Waals surface area contributed by atoms with E-state index in [4.69, 9.17) is 4.98 Å². The fraction of sp³-hybridized carbons (Fsp3) is 0.800. The number of aryl methyl sites for hydroxylation is 2. The predicted molar refractivity (Wildman–Crippen MR) is 77.4 cm³/mol. The minimum absolute atomic E-state index is 0.152. The lowest BCUT2D eigenvalue weighted by molar-refractivity contribution is 0.156. The monoisotopic (exact) mass is 265 g/mol. The first-order chi connectivity index (χ1) is 9.09. The van der Waals surface area contributed by atoms with Crippen molar-refractivity contribution in [3.8, 4) is 0 Å². The number of hydrogen-bond acceptors (Lipinski definition) is 3. The smallest absolute Gasteiger partial charge is 0.106 e. The van der Waals surface area contributed by atoms with Gasteiger partial charge in [0.1, 0.15) is 5.82 Å². The molecular formula is C15H27N3O. The summed E-state index contributed by atoms with van der Waals surface area (Å²) in [6.07, 6.45) is 5.84. The van der Waals surface area contributed by atoms with Crippen molar-refractivity contribution in [3.63, 3.8) is 0 Å². The second-order valence-corrected chi connectivity index (χ2v) is 5.99. The molecule has 19 heavy (non-hydrogen) atoms. The molecule has 0 saturated heterocycles. The summed E-state index contributed by atoms with van der Waals surface area (Å²) in [5.41, 5.74) is 2.41. The van der Waals surface area contributed by atoms with Crippen molar-refractivity contribution in [1.82, 2.24) is 14.9 Å². The van der Waals surface area contributed by atoms with Gasteiger partial charge in [-0.1, -0.05) is 6.92 Å². The van der Waals surface area contributed by atoms with E-state index in [1.165, 1.54) is 24.2 Å². The Morgan fingerprint density at radius 2 is 2.11 bits per heavy atom. The molecule has 1 atom stereocenters. The lowest BCUT2D eigenvalue weighted by Crippen LogP contribution is -2.49. The zero-order valence-electron chi connectivity index (χ0n) is 12.5. The van der Waals surface area contributed by atoms with Gasteiger partial charge in [0.25, 0.3) is 0 Å². The Balaban J connectivity index is 2.19. The Hall–Kier alpha value is -0.870. The van der Waals surface area contributed by atoms with E-state index in [-0.39, 0.29) is 12.1 Å². The van der Waals surface area contributed by atoms with Gasteiger partial charge in [0.2, 0.25) is 0 Å². The molecule has 1 aromatic heterocycles. The van der Waals surface area contributed by atoms with E-state index >= 15 is 0 Å². The second kappa shape index (κ2) is 6.06. The zero-order valence-corrected chi connectivity index (χ0v) is 12.5. The number of fused-ring (bicyclic) bond motifs is 1. The van der Waals surface area contributed by atoms with E-state index in [2.05, 4.69) is 30.7 Å². The summed E-state index contributed by atoms with van der Waals surface area (Å²) in [6.45, 7) is 8.21. The molecule has 4 heteroatoms. The highest BCUT2D eigenvalue weighted by molar-refractivity contribution is 5.20. The van der Waals surface area contributed by atoms with Crippen LogP contribution in [0.5, 0.6) is 0 Å². The van der Waals surface area contributed by atoms with Crippen LogP contribution in [0.15, 0.2) is 0 Å². The number of imidazole rings is 1. The average Bonchev–Trinajstić information content (AvgIpc) is 2.73. The van der Waals surface area contributed by atoms with Crippen LogP contribution in [-0.2, 0) is 19.4 Å². The number of hydrogen-bond donors (Lipinski definition) is 2. The van der Waals surface area contributed by atoms with E-state index in [0.29, 0.717) is 0 Å². The van der Waals surface area contributed by atoms with Gasteiger partial charge in [0.15, 0.2) is 0 Å². The second-order valence-electron chi connectivity index (χ2n) is 5.99. The van der Waals surface area contributed by atoms with Crippen LogP contribution in [0.4, 0.5) is 0 Å². The van der Waals surface area contributed by atoms with Crippen molar-refractivity contribution in [3.05, 3.63) is 17.2 Å². The van der Waals surface area contributed by atoms with Crippen LogP contribution in [-0.4, -0.2) is 33.3 Å². The first-order valence-corrected chi connectivity index (χ1v) is 7.50.